The van der Waals surface area contributed by atoms with Crippen molar-refractivity contribution in [2.24, 2.45) is 0 Å². The van der Waals surface area contributed by atoms with Crippen molar-refractivity contribution in [3.8, 4) is 67.3 Å². The third kappa shape index (κ3) is 5.51. The fraction of sp³-hybridized carbons (Fsp3) is 0.0545. The van der Waals surface area contributed by atoms with E-state index in [1.54, 1.807) is 0 Å². The monoisotopic (exact) mass is 788 g/mol. The van der Waals surface area contributed by atoms with E-state index >= 15 is 0 Å². The van der Waals surface area contributed by atoms with Crippen LogP contribution in [0.15, 0.2) is 182 Å². The third-order valence-corrected chi connectivity index (χ3v) is 14.6. The van der Waals surface area contributed by atoms with Gasteiger partial charge in [-0.05, 0) is 111 Å². The number of hydrogen-bond acceptors (Lipinski definition) is 4. The predicted octanol–water partition coefficient (Wildman–Crippen LogP) is 15.9. The summed E-state index contributed by atoms with van der Waals surface area (Å²) < 4.78 is 5.15. The molecule has 12 rings (SSSR count). The maximum Gasteiger partial charge on any atom is 0.160 e. The molecular formula is C55H36N2S2. The van der Waals surface area contributed by atoms with Crippen molar-refractivity contribution in [3.05, 3.63) is 193 Å². The Morgan fingerprint density at radius 1 is 0.356 bits per heavy atom. The number of aromatic nitrogens is 2. The largest absolute Gasteiger partial charge is 0.228 e. The summed E-state index contributed by atoms with van der Waals surface area (Å²) in [7, 11) is 0. The molecule has 0 unspecified atom stereocenters. The number of hydrogen-bond donors (Lipinski definition) is 0. The summed E-state index contributed by atoms with van der Waals surface area (Å²) in [6.07, 6.45) is 0. The standard InChI is InChI=1S/C55H36N2S2/c1-55(2)45-19-9-6-15-40(45)41-25-23-34(31-46(41)55)47-32-48(57-54(56-47)35-24-26-51-44(30-35)42-16-7-10-20-49(42)58-51)38-28-36(33-13-4-3-5-14-33)27-37(29-38)39-18-12-22-52-53(39)43-17-8-11-21-50(43)59-52/h3-32H,1-2H3. The van der Waals surface area contributed by atoms with E-state index in [4.69, 9.17) is 9.97 Å². The van der Waals surface area contributed by atoms with Crippen molar-refractivity contribution in [1.82, 2.24) is 9.97 Å². The predicted molar refractivity (Wildman–Crippen MR) is 253 cm³/mol. The third-order valence-electron chi connectivity index (χ3n) is 12.3. The van der Waals surface area contributed by atoms with Crippen LogP contribution in [0.25, 0.3) is 108 Å². The molecule has 0 N–H and O–H groups in total. The highest BCUT2D eigenvalue weighted by atomic mass is 32.1. The Morgan fingerprint density at radius 2 is 0.966 bits per heavy atom. The Hall–Kier alpha value is -6.72. The minimum absolute atomic E-state index is 0.128. The minimum atomic E-state index is -0.128. The van der Waals surface area contributed by atoms with Crippen LogP contribution in [0.5, 0.6) is 0 Å². The topological polar surface area (TPSA) is 25.8 Å². The molecule has 0 saturated heterocycles. The highest BCUT2D eigenvalue weighted by molar-refractivity contribution is 7.26. The lowest BCUT2D eigenvalue weighted by atomic mass is 9.82. The molecule has 0 spiro atoms. The second-order valence-electron chi connectivity index (χ2n) is 16.1. The van der Waals surface area contributed by atoms with Crippen LogP contribution in [-0.4, -0.2) is 9.97 Å². The molecule has 3 aromatic heterocycles. The van der Waals surface area contributed by atoms with Crippen LogP contribution in [0.2, 0.25) is 0 Å². The molecule has 0 atom stereocenters. The Morgan fingerprint density at radius 3 is 1.83 bits per heavy atom. The minimum Gasteiger partial charge on any atom is -0.228 e. The molecule has 1 aliphatic carbocycles. The van der Waals surface area contributed by atoms with Gasteiger partial charge in [0.25, 0.3) is 0 Å². The lowest BCUT2D eigenvalue weighted by Gasteiger charge is -2.22. The second-order valence-corrected chi connectivity index (χ2v) is 18.3. The quantitative estimate of drug-likeness (QED) is 0.174. The molecule has 11 aromatic rings. The van der Waals surface area contributed by atoms with E-state index in [0.717, 1.165) is 39.5 Å². The Kier molecular flexibility index (Phi) is 7.65. The summed E-state index contributed by atoms with van der Waals surface area (Å²) in [6, 6.07) is 66.5. The zero-order valence-corrected chi connectivity index (χ0v) is 34.2. The first-order chi connectivity index (χ1) is 29.0. The van der Waals surface area contributed by atoms with Gasteiger partial charge in [-0.25, -0.2) is 9.97 Å². The van der Waals surface area contributed by atoms with E-state index < -0.39 is 0 Å². The summed E-state index contributed by atoms with van der Waals surface area (Å²) in [4.78, 5) is 10.9. The Labute approximate surface area is 350 Å². The molecular weight excluding hydrogens is 753 g/mol. The first-order valence-electron chi connectivity index (χ1n) is 20.1. The molecule has 59 heavy (non-hydrogen) atoms. The lowest BCUT2D eigenvalue weighted by molar-refractivity contribution is 0.660. The van der Waals surface area contributed by atoms with Gasteiger partial charge in [0.2, 0.25) is 0 Å². The van der Waals surface area contributed by atoms with E-state index in [-0.39, 0.29) is 5.41 Å². The van der Waals surface area contributed by atoms with Crippen molar-refractivity contribution in [2.45, 2.75) is 19.3 Å². The first-order valence-corrected chi connectivity index (χ1v) is 21.8. The number of nitrogens with zero attached hydrogens (tertiary/aromatic N) is 2. The zero-order chi connectivity index (χ0) is 39.2. The summed E-state index contributed by atoms with van der Waals surface area (Å²) in [5, 5.41) is 5.09. The molecule has 0 fully saturated rings. The van der Waals surface area contributed by atoms with E-state index in [9.17, 15) is 0 Å². The van der Waals surface area contributed by atoms with Crippen LogP contribution in [-0.2, 0) is 5.41 Å². The van der Waals surface area contributed by atoms with Crippen LogP contribution in [0.4, 0.5) is 0 Å². The van der Waals surface area contributed by atoms with Gasteiger partial charge in [-0.2, -0.15) is 0 Å². The zero-order valence-electron chi connectivity index (χ0n) is 32.5. The molecule has 0 aliphatic heterocycles. The molecule has 0 amide bonds. The van der Waals surface area contributed by atoms with Gasteiger partial charge in [0, 0.05) is 62.4 Å². The number of benzene rings is 8. The molecule has 0 saturated carbocycles. The van der Waals surface area contributed by atoms with Crippen LogP contribution in [0, 0.1) is 0 Å². The highest BCUT2D eigenvalue weighted by Gasteiger charge is 2.35. The first kappa shape index (κ1) is 34.3. The molecule has 278 valence electrons. The van der Waals surface area contributed by atoms with Gasteiger partial charge in [-0.1, -0.05) is 129 Å². The van der Waals surface area contributed by atoms with Crippen LogP contribution < -0.4 is 0 Å². The molecule has 0 bridgehead atoms. The number of fused-ring (bicyclic) bond motifs is 9. The lowest BCUT2D eigenvalue weighted by Crippen LogP contribution is -2.14. The molecule has 3 heterocycles. The van der Waals surface area contributed by atoms with Crippen molar-refractivity contribution >= 4 is 63.0 Å². The van der Waals surface area contributed by atoms with Gasteiger partial charge in [0.15, 0.2) is 5.82 Å². The maximum absolute atomic E-state index is 5.47. The normalized spacial score (nSPS) is 13.1. The Bertz CT molecular complexity index is 3480. The molecule has 2 nitrogen and oxygen atoms in total. The maximum atomic E-state index is 5.47. The summed E-state index contributed by atoms with van der Waals surface area (Å²) >= 11 is 3.69. The van der Waals surface area contributed by atoms with Gasteiger partial charge >= 0.3 is 0 Å². The van der Waals surface area contributed by atoms with Gasteiger partial charge in [-0.15, -0.1) is 22.7 Å². The van der Waals surface area contributed by atoms with E-state index in [0.29, 0.717) is 0 Å². The van der Waals surface area contributed by atoms with E-state index in [1.807, 2.05) is 22.7 Å². The fourth-order valence-electron chi connectivity index (χ4n) is 9.34. The van der Waals surface area contributed by atoms with Crippen molar-refractivity contribution in [3.63, 3.8) is 0 Å². The molecule has 4 heteroatoms. The summed E-state index contributed by atoms with van der Waals surface area (Å²) in [5.74, 6) is 0.718. The van der Waals surface area contributed by atoms with Crippen molar-refractivity contribution in [1.29, 1.82) is 0 Å². The molecule has 1 aliphatic rings. The van der Waals surface area contributed by atoms with Gasteiger partial charge in [0.1, 0.15) is 0 Å². The van der Waals surface area contributed by atoms with Gasteiger partial charge < -0.3 is 0 Å². The van der Waals surface area contributed by atoms with Crippen LogP contribution in [0.3, 0.4) is 0 Å². The Balaban J connectivity index is 1.10. The van der Waals surface area contributed by atoms with E-state index in [1.165, 1.54) is 79.3 Å². The van der Waals surface area contributed by atoms with Crippen LogP contribution in [0.1, 0.15) is 25.0 Å². The smallest absolute Gasteiger partial charge is 0.160 e. The van der Waals surface area contributed by atoms with E-state index in [2.05, 4.69) is 196 Å². The number of rotatable bonds is 5. The average molecular weight is 789 g/mol. The summed E-state index contributed by atoms with van der Waals surface area (Å²) in [5.41, 5.74) is 14.9. The van der Waals surface area contributed by atoms with Gasteiger partial charge in [-0.3, -0.25) is 0 Å². The highest BCUT2D eigenvalue weighted by Crippen LogP contribution is 2.50. The van der Waals surface area contributed by atoms with Crippen molar-refractivity contribution in [2.75, 3.05) is 0 Å². The fourth-order valence-corrected chi connectivity index (χ4v) is 11.6. The summed E-state index contributed by atoms with van der Waals surface area (Å²) in [6.45, 7) is 4.68. The molecule has 0 radical (unpaired) electrons. The number of thiophene rings is 2. The van der Waals surface area contributed by atoms with Crippen molar-refractivity contribution < 1.29 is 0 Å². The average Bonchev–Trinajstić information content (AvgIpc) is 3.93. The van der Waals surface area contributed by atoms with Gasteiger partial charge in [0.05, 0.1) is 11.4 Å². The SMILES string of the molecule is CC1(C)c2ccccc2-c2ccc(-c3cc(-c4cc(-c5ccccc5)cc(-c5cccc6sc7ccccc7c56)c4)nc(-c4ccc5sc6ccccc6c5c4)n3)cc21. The second kappa shape index (κ2) is 13.2. The van der Waals surface area contributed by atoms with Crippen LogP contribution >= 0.6 is 22.7 Å². The molecule has 8 aromatic carbocycles.